The lowest BCUT2D eigenvalue weighted by Gasteiger charge is -2.57. The number of methoxy groups -OCH3 is 1. The highest BCUT2D eigenvalue weighted by Crippen LogP contribution is 2.57. The number of aromatic hydroxyl groups is 1. The molecular formula is C41H49F2N5O6. The first-order valence-corrected chi connectivity index (χ1v) is 19.4. The zero-order chi connectivity index (χ0) is 37.4. The van der Waals surface area contributed by atoms with Gasteiger partial charge in [-0.1, -0.05) is 18.6 Å². The molecule has 4 aliphatic heterocycles. The topological polar surface area (TPSA) is 123 Å². The fraction of sp³-hybridized carbons (Fsp3) is 0.585. The predicted octanol–water partition coefficient (Wildman–Crippen LogP) is 6.54. The Labute approximate surface area is 313 Å². The van der Waals surface area contributed by atoms with Crippen LogP contribution < -0.4 is 14.4 Å². The molecule has 5 aliphatic rings. The Kier molecular flexibility index (Phi) is 8.87. The second kappa shape index (κ2) is 13.4. The average molecular weight is 746 g/mol. The highest BCUT2D eigenvalue weighted by atomic mass is 19.1. The first-order valence-electron chi connectivity index (χ1n) is 19.4. The van der Waals surface area contributed by atoms with Gasteiger partial charge in [0.15, 0.2) is 5.82 Å². The molecule has 6 heterocycles. The van der Waals surface area contributed by atoms with Gasteiger partial charge in [-0.05, 0) is 95.3 Å². The zero-order valence-electron chi connectivity index (χ0n) is 31.2. The Hall–Kier alpha value is -3.91. The summed E-state index contributed by atoms with van der Waals surface area (Å²) in [6, 6.07) is 7.65. The van der Waals surface area contributed by atoms with E-state index in [1.807, 2.05) is 4.90 Å². The van der Waals surface area contributed by atoms with Crippen molar-refractivity contribution >= 4 is 27.5 Å². The number of anilines is 1. The van der Waals surface area contributed by atoms with Gasteiger partial charge in [-0.2, -0.15) is 9.97 Å². The van der Waals surface area contributed by atoms with Crippen LogP contribution in [0.5, 0.6) is 17.6 Å². The summed E-state index contributed by atoms with van der Waals surface area (Å²) >= 11 is 0. The number of benzene rings is 2. The number of piperidine rings is 1. The molecular weight excluding hydrogens is 696 g/mol. The van der Waals surface area contributed by atoms with E-state index in [4.69, 9.17) is 28.9 Å². The van der Waals surface area contributed by atoms with Crippen LogP contribution in [0.4, 0.5) is 14.6 Å². The maximum Gasteiger partial charge on any atom is 0.319 e. The molecule has 13 heteroatoms. The van der Waals surface area contributed by atoms with Crippen LogP contribution in [-0.4, -0.2) is 106 Å². The van der Waals surface area contributed by atoms with Crippen LogP contribution in [0.3, 0.4) is 0 Å². The van der Waals surface area contributed by atoms with Crippen molar-refractivity contribution in [2.24, 2.45) is 5.41 Å². The summed E-state index contributed by atoms with van der Waals surface area (Å²) in [5.74, 6) is -1.30. The van der Waals surface area contributed by atoms with Gasteiger partial charge in [0, 0.05) is 34.5 Å². The van der Waals surface area contributed by atoms with Gasteiger partial charge in [-0.15, -0.1) is 0 Å². The van der Waals surface area contributed by atoms with E-state index in [0.717, 1.165) is 64.3 Å². The van der Waals surface area contributed by atoms with Crippen LogP contribution in [0.25, 0.3) is 32.9 Å². The molecule has 288 valence electrons. The number of rotatable bonds is 7. The summed E-state index contributed by atoms with van der Waals surface area (Å²) in [4.78, 5) is 18.8. The number of likely N-dealkylation sites (tertiary alicyclic amines) is 1. The maximum absolute atomic E-state index is 17.2. The lowest BCUT2D eigenvalue weighted by atomic mass is 9.66. The summed E-state index contributed by atoms with van der Waals surface area (Å²) in [7, 11) is 1.42. The minimum atomic E-state index is -1.23. The number of fused-ring (bicyclic) bond motifs is 5. The Morgan fingerprint density at radius 3 is 2.57 bits per heavy atom. The molecule has 0 radical (unpaired) electrons. The molecule has 2 aromatic heterocycles. The van der Waals surface area contributed by atoms with Gasteiger partial charge >= 0.3 is 6.01 Å². The molecule has 5 atom stereocenters. The number of aromatic nitrogens is 3. The smallest absolute Gasteiger partial charge is 0.319 e. The van der Waals surface area contributed by atoms with Gasteiger partial charge in [0.1, 0.15) is 39.6 Å². The van der Waals surface area contributed by atoms with E-state index >= 15 is 8.78 Å². The number of aliphatic hydroxyl groups is 1. The third-order valence-corrected chi connectivity index (χ3v) is 13.2. The Balaban J connectivity index is 1.15. The second-order valence-corrected chi connectivity index (χ2v) is 16.7. The minimum Gasteiger partial charge on any atom is -0.508 e. The fourth-order valence-corrected chi connectivity index (χ4v) is 10.6. The summed E-state index contributed by atoms with van der Waals surface area (Å²) in [5.41, 5.74) is -1.77. The lowest BCUT2D eigenvalue weighted by molar-refractivity contribution is -0.120. The van der Waals surface area contributed by atoms with Gasteiger partial charge in [0.2, 0.25) is 5.88 Å². The van der Waals surface area contributed by atoms with Gasteiger partial charge in [0.05, 0.1) is 45.7 Å². The highest BCUT2D eigenvalue weighted by molar-refractivity contribution is 6.02. The maximum atomic E-state index is 17.2. The number of ether oxygens (including phenoxy) is 4. The average Bonchev–Trinajstić information content (AvgIpc) is 3.61. The van der Waals surface area contributed by atoms with Crippen molar-refractivity contribution in [1.82, 2.24) is 19.9 Å². The first kappa shape index (κ1) is 35.8. The van der Waals surface area contributed by atoms with Gasteiger partial charge in [-0.3, -0.25) is 4.90 Å². The van der Waals surface area contributed by atoms with Crippen molar-refractivity contribution in [1.29, 1.82) is 0 Å². The van der Waals surface area contributed by atoms with Crippen molar-refractivity contribution in [3.63, 3.8) is 0 Å². The lowest BCUT2D eigenvalue weighted by Crippen LogP contribution is -2.64. The highest BCUT2D eigenvalue weighted by Gasteiger charge is 2.59. The first-order chi connectivity index (χ1) is 26.0. The predicted molar refractivity (Wildman–Crippen MR) is 199 cm³/mol. The Bertz CT molecular complexity index is 2090. The van der Waals surface area contributed by atoms with Crippen LogP contribution in [0.15, 0.2) is 30.3 Å². The SMILES string of the molecule is COc1nc(-c2cc(O)cc3cccc(F)c23)c(F)c2nc(OCC34CCCN(C5CC6CCC(C5)O6)[C@]3(C)CCC4)nc(N3CCOC[C@@](C)(O)C3)c12. The molecule has 11 nitrogen and oxygen atoms in total. The number of β-amino-alcohol motifs (C(OH)–C–C–N with tert-alkyl or cyclic N) is 1. The molecule has 9 rings (SSSR count). The quantitative estimate of drug-likeness (QED) is 0.215. The van der Waals surface area contributed by atoms with Crippen molar-refractivity contribution in [3.8, 4) is 28.9 Å². The molecule has 1 aliphatic carbocycles. The number of phenols is 1. The molecule has 5 fully saturated rings. The van der Waals surface area contributed by atoms with E-state index in [1.54, 1.807) is 13.0 Å². The van der Waals surface area contributed by atoms with Gasteiger partial charge in [0.25, 0.3) is 0 Å². The summed E-state index contributed by atoms with van der Waals surface area (Å²) < 4.78 is 57.1. The van der Waals surface area contributed by atoms with Crippen LogP contribution in [0, 0.1) is 17.0 Å². The van der Waals surface area contributed by atoms with Gasteiger partial charge < -0.3 is 34.1 Å². The molecule has 1 saturated carbocycles. The fourth-order valence-electron chi connectivity index (χ4n) is 10.6. The minimum absolute atomic E-state index is 0.00258. The normalized spacial score (nSPS) is 31.5. The molecule has 4 aromatic rings. The number of hydrogen-bond donors (Lipinski definition) is 2. The molecule has 3 unspecified atom stereocenters. The van der Waals surface area contributed by atoms with E-state index in [-0.39, 0.29) is 75.1 Å². The largest absolute Gasteiger partial charge is 0.508 e. The number of phenolic OH excluding ortho intramolecular Hbond substituents is 1. The van der Waals surface area contributed by atoms with Crippen molar-refractivity contribution in [2.45, 2.75) is 101 Å². The van der Waals surface area contributed by atoms with E-state index in [9.17, 15) is 10.2 Å². The number of hydrogen-bond acceptors (Lipinski definition) is 11. The van der Waals surface area contributed by atoms with Crippen LogP contribution in [-0.2, 0) is 9.47 Å². The molecule has 0 spiro atoms. The van der Waals surface area contributed by atoms with Crippen molar-refractivity contribution in [2.75, 3.05) is 51.5 Å². The Morgan fingerprint density at radius 1 is 0.981 bits per heavy atom. The Morgan fingerprint density at radius 2 is 1.78 bits per heavy atom. The van der Waals surface area contributed by atoms with Crippen LogP contribution in [0.1, 0.15) is 71.6 Å². The zero-order valence-corrected chi connectivity index (χ0v) is 31.2. The van der Waals surface area contributed by atoms with Crippen molar-refractivity contribution in [3.05, 3.63) is 42.0 Å². The van der Waals surface area contributed by atoms with Crippen LogP contribution in [0.2, 0.25) is 0 Å². The standard InChI is InChI=1S/C41H49F2N5O6/c1-39(50)21-47(15-16-52-22-39)36-32-35(33(43)34(44-37(32)51-3)29-20-26(49)17-24-7-4-8-30(42)31(24)29)45-38(46-36)53-23-41-12-5-11-40(41,2)48(14-6-13-41)25-18-27-9-10-28(19-25)54-27/h4,7-8,17,20,25,27-28,49-50H,5-6,9-16,18-19,21-23H2,1-3H3/t25?,27?,28?,39-,40+,41?/m0/s1. The molecule has 0 amide bonds. The van der Waals surface area contributed by atoms with Crippen LogP contribution >= 0.6 is 0 Å². The molecule has 2 bridgehead atoms. The third-order valence-electron chi connectivity index (χ3n) is 13.2. The van der Waals surface area contributed by atoms with Gasteiger partial charge in [-0.25, -0.2) is 13.8 Å². The van der Waals surface area contributed by atoms with Crippen molar-refractivity contribution < 1.29 is 37.9 Å². The number of halogens is 2. The molecule has 4 saturated heterocycles. The summed E-state index contributed by atoms with van der Waals surface area (Å²) in [5, 5.41) is 22.5. The van der Waals surface area contributed by atoms with E-state index in [2.05, 4.69) is 16.8 Å². The van der Waals surface area contributed by atoms with E-state index < -0.39 is 17.2 Å². The van der Waals surface area contributed by atoms with E-state index in [1.165, 1.54) is 31.4 Å². The number of pyridine rings is 1. The summed E-state index contributed by atoms with van der Waals surface area (Å²) in [6.45, 7) is 6.41. The third kappa shape index (κ3) is 5.93. The molecule has 2 aromatic carbocycles. The number of nitrogens with zero attached hydrogens (tertiary/aromatic N) is 5. The molecule has 54 heavy (non-hydrogen) atoms. The molecule has 2 N–H and O–H groups in total. The van der Waals surface area contributed by atoms with E-state index in [0.29, 0.717) is 43.4 Å². The summed E-state index contributed by atoms with van der Waals surface area (Å²) in [6.07, 6.45) is 10.4. The monoisotopic (exact) mass is 745 g/mol. The second-order valence-electron chi connectivity index (χ2n) is 16.7.